The summed E-state index contributed by atoms with van der Waals surface area (Å²) in [5.74, 6) is -0.200. The minimum atomic E-state index is -0.200. The lowest BCUT2D eigenvalue weighted by molar-refractivity contribution is -0.116. The van der Waals surface area contributed by atoms with Gasteiger partial charge in [-0.2, -0.15) is 0 Å². The second-order valence-corrected chi connectivity index (χ2v) is 4.37. The summed E-state index contributed by atoms with van der Waals surface area (Å²) in [5.41, 5.74) is 1.37. The summed E-state index contributed by atoms with van der Waals surface area (Å²) in [6.07, 6.45) is 1.72. The molecule has 0 radical (unpaired) electrons. The summed E-state index contributed by atoms with van der Waals surface area (Å²) in [5, 5.41) is 14.0. The molecule has 0 atom stereocenters. The molecule has 0 spiro atoms. The van der Waals surface area contributed by atoms with Crippen LogP contribution in [0.2, 0.25) is 5.02 Å². The second kappa shape index (κ2) is 6.31. The molecule has 2 N–H and O–H groups in total. The SMILES string of the molecule is CNCc1cn(CC(=O)Nc2ccccc2Cl)nn1. The number of hydrogen-bond donors (Lipinski definition) is 2. The molecule has 0 aliphatic rings. The maximum Gasteiger partial charge on any atom is 0.246 e. The van der Waals surface area contributed by atoms with Gasteiger partial charge in [-0.15, -0.1) is 5.10 Å². The van der Waals surface area contributed by atoms with Gasteiger partial charge in [-0.05, 0) is 19.2 Å². The third-order valence-corrected chi connectivity index (χ3v) is 2.73. The van der Waals surface area contributed by atoms with Crippen LogP contribution in [0.25, 0.3) is 0 Å². The van der Waals surface area contributed by atoms with Crippen molar-refractivity contribution in [2.75, 3.05) is 12.4 Å². The van der Waals surface area contributed by atoms with Crippen LogP contribution in [0.4, 0.5) is 5.69 Å². The van der Waals surface area contributed by atoms with E-state index in [1.165, 1.54) is 4.68 Å². The normalized spacial score (nSPS) is 10.4. The van der Waals surface area contributed by atoms with E-state index in [1.807, 2.05) is 13.1 Å². The van der Waals surface area contributed by atoms with E-state index >= 15 is 0 Å². The van der Waals surface area contributed by atoms with Gasteiger partial charge in [0.1, 0.15) is 6.54 Å². The first-order valence-electron chi connectivity index (χ1n) is 5.77. The highest BCUT2D eigenvalue weighted by atomic mass is 35.5. The summed E-state index contributed by atoms with van der Waals surface area (Å²) in [6.45, 7) is 0.716. The molecule has 1 amide bonds. The maximum absolute atomic E-state index is 11.8. The van der Waals surface area contributed by atoms with Crippen molar-refractivity contribution in [3.05, 3.63) is 41.2 Å². The highest BCUT2D eigenvalue weighted by Gasteiger charge is 2.07. The smallest absolute Gasteiger partial charge is 0.246 e. The van der Waals surface area contributed by atoms with Crippen molar-refractivity contribution < 1.29 is 4.79 Å². The van der Waals surface area contributed by atoms with E-state index in [0.717, 1.165) is 5.69 Å². The largest absolute Gasteiger partial charge is 0.323 e. The monoisotopic (exact) mass is 279 g/mol. The lowest BCUT2D eigenvalue weighted by atomic mass is 10.3. The van der Waals surface area contributed by atoms with E-state index in [-0.39, 0.29) is 12.5 Å². The Labute approximate surface area is 115 Å². The molecule has 1 heterocycles. The lowest BCUT2D eigenvalue weighted by Gasteiger charge is -2.06. The Hall–Kier alpha value is -1.92. The fraction of sp³-hybridized carbons (Fsp3) is 0.250. The Bertz CT molecular complexity index is 569. The van der Waals surface area contributed by atoms with E-state index in [1.54, 1.807) is 24.4 Å². The molecule has 1 aromatic carbocycles. The molecule has 2 aromatic rings. The van der Waals surface area contributed by atoms with Gasteiger partial charge >= 0.3 is 0 Å². The van der Waals surface area contributed by atoms with Gasteiger partial charge < -0.3 is 10.6 Å². The van der Waals surface area contributed by atoms with E-state index in [2.05, 4.69) is 20.9 Å². The minimum Gasteiger partial charge on any atom is -0.323 e. The number of anilines is 1. The number of aromatic nitrogens is 3. The molecule has 100 valence electrons. The molecule has 2 rings (SSSR count). The van der Waals surface area contributed by atoms with Crippen molar-refractivity contribution in [1.29, 1.82) is 0 Å². The average molecular weight is 280 g/mol. The van der Waals surface area contributed by atoms with Gasteiger partial charge in [0.15, 0.2) is 0 Å². The van der Waals surface area contributed by atoms with Crippen LogP contribution in [-0.4, -0.2) is 27.9 Å². The fourth-order valence-electron chi connectivity index (χ4n) is 1.58. The number of carbonyl (C=O) groups excluding carboxylic acids is 1. The molecule has 0 aliphatic heterocycles. The van der Waals surface area contributed by atoms with Gasteiger partial charge in [0.2, 0.25) is 5.91 Å². The summed E-state index contributed by atoms with van der Waals surface area (Å²) in [7, 11) is 1.82. The predicted octanol–water partition coefficient (Wildman–Crippen LogP) is 1.29. The molecule has 1 aromatic heterocycles. The minimum absolute atomic E-state index is 0.0991. The van der Waals surface area contributed by atoms with Crippen molar-refractivity contribution in [2.45, 2.75) is 13.1 Å². The molecule has 19 heavy (non-hydrogen) atoms. The van der Waals surface area contributed by atoms with Gasteiger partial charge in [0.05, 0.1) is 22.6 Å². The fourth-order valence-corrected chi connectivity index (χ4v) is 1.76. The van der Waals surface area contributed by atoms with E-state index in [0.29, 0.717) is 17.3 Å². The Morgan fingerprint density at radius 2 is 2.21 bits per heavy atom. The number of hydrogen-bond acceptors (Lipinski definition) is 4. The van der Waals surface area contributed by atoms with Crippen molar-refractivity contribution in [3.8, 4) is 0 Å². The molecule has 0 unspecified atom stereocenters. The third kappa shape index (κ3) is 3.77. The van der Waals surface area contributed by atoms with Crippen LogP contribution in [0.1, 0.15) is 5.69 Å². The Morgan fingerprint density at radius 3 is 2.95 bits per heavy atom. The predicted molar refractivity (Wildman–Crippen MR) is 72.9 cm³/mol. The molecule has 7 heteroatoms. The molecular weight excluding hydrogens is 266 g/mol. The zero-order chi connectivity index (χ0) is 13.7. The van der Waals surface area contributed by atoms with E-state index in [9.17, 15) is 4.79 Å². The first kappa shape index (κ1) is 13.5. The van der Waals surface area contributed by atoms with Gasteiger partial charge in [-0.3, -0.25) is 4.79 Å². The number of halogens is 1. The average Bonchev–Trinajstić information content (AvgIpc) is 2.80. The standard InChI is InChI=1S/C12H14ClN5O/c1-14-6-9-7-18(17-16-9)8-12(19)15-11-5-3-2-4-10(11)13/h2-5,7,14H,6,8H2,1H3,(H,15,19). The zero-order valence-electron chi connectivity index (χ0n) is 10.4. The van der Waals surface area contributed by atoms with Gasteiger partial charge in [0.25, 0.3) is 0 Å². The molecular formula is C12H14ClN5O. The van der Waals surface area contributed by atoms with Crippen LogP contribution >= 0.6 is 11.6 Å². The van der Waals surface area contributed by atoms with E-state index in [4.69, 9.17) is 11.6 Å². The number of carbonyl (C=O) groups is 1. The summed E-state index contributed by atoms with van der Waals surface area (Å²) >= 11 is 5.96. The highest BCUT2D eigenvalue weighted by Crippen LogP contribution is 2.20. The van der Waals surface area contributed by atoms with Crippen molar-refractivity contribution in [1.82, 2.24) is 20.3 Å². The topological polar surface area (TPSA) is 71.8 Å². The number of rotatable bonds is 5. The number of amides is 1. The lowest BCUT2D eigenvalue weighted by Crippen LogP contribution is -2.19. The quantitative estimate of drug-likeness (QED) is 0.865. The van der Waals surface area contributed by atoms with Crippen LogP contribution < -0.4 is 10.6 Å². The van der Waals surface area contributed by atoms with Crippen LogP contribution in [0.3, 0.4) is 0 Å². The maximum atomic E-state index is 11.8. The molecule has 0 bridgehead atoms. The first-order valence-corrected chi connectivity index (χ1v) is 6.15. The highest BCUT2D eigenvalue weighted by molar-refractivity contribution is 6.33. The van der Waals surface area contributed by atoms with Gasteiger partial charge in [-0.1, -0.05) is 28.9 Å². The van der Waals surface area contributed by atoms with Gasteiger partial charge in [-0.25, -0.2) is 4.68 Å². The van der Waals surface area contributed by atoms with Crippen LogP contribution in [0, 0.1) is 0 Å². The van der Waals surface area contributed by atoms with Crippen LogP contribution in [-0.2, 0) is 17.9 Å². The summed E-state index contributed by atoms with van der Waals surface area (Å²) in [6, 6.07) is 7.08. The molecule has 0 fully saturated rings. The van der Waals surface area contributed by atoms with Crippen molar-refractivity contribution in [3.63, 3.8) is 0 Å². The zero-order valence-corrected chi connectivity index (χ0v) is 11.2. The molecule has 0 aliphatic carbocycles. The number of nitrogens with zero attached hydrogens (tertiary/aromatic N) is 3. The third-order valence-electron chi connectivity index (χ3n) is 2.40. The Kier molecular flexibility index (Phi) is 4.48. The molecule has 0 saturated carbocycles. The van der Waals surface area contributed by atoms with E-state index < -0.39 is 0 Å². The second-order valence-electron chi connectivity index (χ2n) is 3.97. The Balaban J connectivity index is 1.95. The number of para-hydroxylation sites is 1. The Morgan fingerprint density at radius 1 is 1.42 bits per heavy atom. The van der Waals surface area contributed by atoms with Gasteiger partial charge in [0, 0.05) is 6.54 Å². The van der Waals surface area contributed by atoms with Crippen LogP contribution in [0.5, 0.6) is 0 Å². The summed E-state index contributed by atoms with van der Waals surface area (Å²) in [4.78, 5) is 11.8. The number of benzene rings is 1. The van der Waals surface area contributed by atoms with Crippen LogP contribution in [0.15, 0.2) is 30.5 Å². The number of nitrogens with one attached hydrogen (secondary N) is 2. The molecule has 6 nitrogen and oxygen atoms in total. The molecule has 0 saturated heterocycles. The van der Waals surface area contributed by atoms with Crippen molar-refractivity contribution in [2.24, 2.45) is 0 Å². The first-order chi connectivity index (χ1) is 9.19. The van der Waals surface area contributed by atoms with Crippen molar-refractivity contribution >= 4 is 23.2 Å². The summed E-state index contributed by atoms with van der Waals surface area (Å²) < 4.78 is 1.48.